The molecule has 0 aliphatic carbocycles. The van der Waals surface area contributed by atoms with Gasteiger partial charge in [0.15, 0.2) is 0 Å². The third kappa shape index (κ3) is 2.92. The Morgan fingerprint density at radius 1 is 1.64 bits per heavy atom. The van der Waals surface area contributed by atoms with Crippen molar-refractivity contribution >= 4 is 0 Å². The van der Waals surface area contributed by atoms with Gasteiger partial charge in [-0.3, -0.25) is 0 Å². The first-order chi connectivity index (χ1) is 5.43. The molecule has 2 N–H and O–H groups in total. The van der Waals surface area contributed by atoms with Crippen LogP contribution >= 0.6 is 0 Å². The van der Waals surface area contributed by atoms with Gasteiger partial charge in [-0.15, -0.1) is 5.92 Å². The van der Waals surface area contributed by atoms with Crippen LogP contribution in [0, 0.1) is 11.8 Å². The van der Waals surface area contributed by atoms with Gasteiger partial charge >= 0.3 is 0 Å². The maximum atomic E-state index is 3.18. The highest BCUT2D eigenvalue weighted by molar-refractivity contribution is 5.04. The molecule has 0 amide bonds. The number of nitrogens with one attached hydrogen (secondary N) is 2. The van der Waals surface area contributed by atoms with Crippen molar-refractivity contribution in [2.45, 2.75) is 13.5 Å². The first kappa shape index (κ1) is 7.90. The lowest BCUT2D eigenvalue weighted by Gasteiger charge is -1.95. The molecule has 1 aromatic heterocycles. The average Bonchev–Trinajstić information content (AvgIpc) is 2.50. The van der Waals surface area contributed by atoms with E-state index in [1.807, 2.05) is 25.3 Å². The first-order valence-corrected chi connectivity index (χ1v) is 3.66. The van der Waals surface area contributed by atoms with Crippen LogP contribution in [0.4, 0.5) is 0 Å². The molecule has 0 spiro atoms. The average molecular weight is 148 g/mol. The molecule has 1 heterocycles. The molecular weight excluding hydrogens is 136 g/mol. The molecule has 2 nitrogen and oxygen atoms in total. The van der Waals surface area contributed by atoms with Crippen LogP contribution in [0.1, 0.15) is 12.6 Å². The van der Waals surface area contributed by atoms with Crippen molar-refractivity contribution in [3.63, 3.8) is 0 Å². The highest BCUT2D eigenvalue weighted by atomic mass is 14.9. The van der Waals surface area contributed by atoms with Crippen LogP contribution in [0.15, 0.2) is 18.3 Å². The van der Waals surface area contributed by atoms with E-state index in [-0.39, 0.29) is 0 Å². The van der Waals surface area contributed by atoms with Crippen LogP contribution in [-0.2, 0) is 6.54 Å². The van der Waals surface area contributed by atoms with Gasteiger partial charge in [-0.05, 0) is 19.1 Å². The number of hydrogen-bond acceptors (Lipinski definition) is 1. The molecule has 1 rings (SSSR count). The smallest absolute Gasteiger partial charge is 0.0579 e. The molecule has 2 heteroatoms. The number of hydrogen-bond donors (Lipinski definition) is 2. The highest BCUT2D eigenvalue weighted by Crippen LogP contribution is 1.91. The van der Waals surface area contributed by atoms with Gasteiger partial charge in [0.2, 0.25) is 0 Å². The van der Waals surface area contributed by atoms with E-state index in [0.717, 1.165) is 13.1 Å². The molecule has 0 saturated carbocycles. The molecule has 1 aromatic rings. The zero-order valence-electron chi connectivity index (χ0n) is 6.65. The third-order valence-electron chi connectivity index (χ3n) is 1.37. The lowest BCUT2D eigenvalue weighted by atomic mass is 10.4. The van der Waals surface area contributed by atoms with E-state index in [4.69, 9.17) is 0 Å². The van der Waals surface area contributed by atoms with Crippen LogP contribution in [0.2, 0.25) is 0 Å². The maximum absolute atomic E-state index is 3.18. The lowest BCUT2D eigenvalue weighted by molar-refractivity contribution is 0.754. The van der Waals surface area contributed by atoms with Crippen LogP contribution < -0.4 is 5.32 Å². The summed E-state index contributed by atoms with van der Waals surface area (Å²) >= 11 is 0. The molecule has 0 aromatic carbocycles. The minimum atomic E-state index is 0.759. The Labute approximate surface area is 67.0 Å². The van der Waals surface area contributed by atoms with E-state index in [9.17, 15) is 0 Å². The second-order valence-corrected chi connectivity index (χ2v) is 2.23. The van der Waals surface area contributed by atoms with Crippen molar-refractivity contribution in [1.82, 2.24) is 10.3 Å². The fraction of sp³-hybridized carbons (Fsp3) is 0.333. The minimum absolute atomic E-state index is 0.759. The predicted molar refractivity (Wildman–Crippen MR) is 45.9 cm³/mol. The van der Waals surface area contributed by atoms with E-state index in [0.29, 0.717) is 0 Å². The normalized spacial score (nSPS) is 8.82. The van der Waals surface area contributed by atoms with Crippen LogP contribution in [0.25, 0.3) is 0 Å². The molecule has 0 aliphatic heterocycles. The number of H-pyrrole nitrogens is 1. The van der Waals surface area contributed by atoms with E-state index in [1.54, 1.807) is 0 Å². The van der Waals surface area contributed by atoms with Gasteiger partial charge < -0.3 is 10.3 Å². The molecule has 0 radical (unpaired) electrons. The van der Waals surface area contributed by atoms with Crippen LogP contribution in [0.3, 0.4) is 0 Å². The second-order valence-electron chi connectivity index (χ2n) is 2.23. The minimum Gasteiger partial charge on any atom is -0.364 e. The monoisotopic (exact) mass is 148 g/mol. The number of aromatic nitrogens is 1. The van der Waals surface area contributed by atoms with E-state index >= 15 is 0 Å². The van der Waals surface area contributed by atoms with Gasteiger partial charge in [0.05, 0.1) is 6.54 Å². The Kier molecular flexibility index (Phi) is 3.30. The van der Waals surface area contributed by atoms with Crippen molar-refractivity contribution in [2.75, 3.05) is 6.54 Å². The zero-order valence-corrected chi connectivity index (χ0v) is 6.65. The Morgan fingerprint density at radius 3 is 3.18 bits per heavy atom. The fourth-order valence-corrected chi connectivity index (χ4v) is 0.826. The van der Waals surface area contributed by atoms with Crippen molar-refractivity contribution in [3.8, 4) is 11.8 Å². The Hall–Kier alpha value is -1.20. The topological polar surface area (TPSA) is 27.8 Å². The van der Waals surface area contributed by atoms with E-state index < -0.39 is 0 Å². The predicted octanol–water partition coefficient (Wildman–Crippen LogP) is 1.13. The zero-order chi connectivity index (χ0) is 7.94. The summed E-state index contributed by atoms with van der Waals surface area (Å²) in [6, 6.07) is 4.04. The standard InChI is InChI=1S/C9H12N2/c1-2-3-6-10-8-9-5-4-7-11-9/h4-5,7,10-11H,6,8H2,1H3. The van der Waals surface area contributed by atoms with Crippen LogP contribution in [-0.4, -0.2) is 11.5 Å². The molecular formula is C9H12N2. The van der Waals surface area contributed by atoms with Gasteiger partial charge in [-0.1, -0.05) is 5.92 Å². The Bertz CT molecular complexity index is 238. The first-order valence-electron chi connectivity index (χ1n) is 3.66. The molecule has 0 atom stereocenters. The van der Waals surface area contributed by atoms with Gasteiger partial charge in [0.1, 0.15) is 0 Å². The highest BCUT2D eigenvalue weighted by Gasteiger charge is 1.87. The SMILES string of the molecule is CC#CCNCc1ccc[nH]1. The summed E-state index contributed by atoms with van der Waals surface area (Å²) < 4.78 is 0. The summed E-state index contributed by atoms with van der Waals surface area (Å²) in [5.74, 6) is 5.76. The van der Waals surface area contributed by atoms with Gasteiger partial charge in [0.25, 0.3) is 0 Å². The van der Waals surface area contributed by atoms with Crippen molar-refractivity contribution in [3.05, 3.63) is 24.0 Å². The van der Waals surface area contributed by atoms with E-state index in [1.165, 1.54) is 5.69 Å². The van der Waals surface area contributed by atoms with E-state index in [2.05, 4.69) is 22.1 Å². The largest absolute Gasteiger partial charge is 0.364 e. The molecule has 0 unspecified atom stereocenters. The number of rotatable bonds is 3. The summed E-state index contributed by atoms with van der Waals surface area (Å²) in [6.45, 7) is 3.47. The van der Waals surface area contributed by atoms with Crippen LogP contribution in [0.5, 0.6) is 0 Å². The lowest BCUT2D eigenvalue weighted by Crippen LogP contribution is -2.13. The fourth-order valence-electron chi connectivity index (χ4n) is 0.826. The molecule has 0 saturated heterocycles. The third-order valence-corrected chi connectivity index (χ3v) is 1.37. The number of aromatic amines is 1. The molecule has 0 bridgehead atoms. The van der Waals surface area contributed by atoms with Crippen molar-refractivity contribution < 1.29 is 0 Å². The molecule has 0 aliphatic rings. The summed E-state index contributed by atoms with van der Waals surface area (Å²) in [4.78, 5) is 3.10. The molecule has 11 heavy (non-hydrogen) atoms. The van der Waals surface area contributed by atoms with Gasteiger partial charge in [-0.2, -0.15) is 0 Å². The second kappa shape index (κ2) is 4.59. The maximum Gasteiger partial charge on any atom is 0.0579 e. The Balaban J connectivity index is 2.17. The van der Waals surface area contributed by atoms with Gasteiger partial charge in [0, 0.05) is 18.4 Å². The van der Waals surface area contributed by atoms with Gasteiger partial charge in [-0.25, -0.2) is 0 Å². The van der Waals surface area contributed by atoms with Crippen molar-refractivity contribution in [2.24, 2.45) is 0 Å². The Morgan fingerprint density at radius 2 is 2.55 bits per heavy atom. The summed E-state index contributed by atoms with van der Waals surface area (Å²) in [7, 11) is 0. The molecule has 0 fully saturated rings. The summed E-state index contributed by atoms with van der Waals surface area (Å²) in [6.07, 6.45) is 1.92. The summed E-state index contributed by atoms with van der Waals surface area (Å²) in [5.41, 5.74) is 1.20. The van der Waals surface area contributed by atoms with Crippen molar-refractivity contribution in [1.29, 1.82) is 0 Å². The molecule has 58 valence electrons. The quantitative estimate of drug-likeness (QED) is 0.488. The summed E-state index contributed by atoms with van der Waals surface area (Å²) in [5, 5.41) is 3.18.